The number of hydrazine groups is 1. The Kier molecular flexibility index (Phi) is 5.74. The number of fused-ring (bicyclic) bond motifs is 1. The second-order valence-electron chi connectivity index (χ2n) is 5.70. The lowest BCUT2D eigenvalue weighted by Crippen LogP contribution is -2.27. The molecule has 3 rings (SSSR count). The highest BCUT2D eigenvalue weighted by atomic mass is 35.5. The quantitative estimate of drug-likeness (QED) is 0.284. The highest BCUT2D eigenvalue weighted by molar-refractivity contribution is 6.35. The summed E-state index contributed by atoms with van der Waals surface area (Å²) in [5, 5.41) is 5.98. The van der Waals surface area contributed by atoms with E-state index in [1.165, 1.54) is 24.3 Å². The summed E-state index contributed by atoms with van der Waals surface area (Å²) in [6.45, 7) is 0.246. The van der Waals surface area contributed by atoms with Crippen LogP contribution in [0.1, 0.15) is 23.2 Å². The molecule has 1 heterocycles. The van der Waals surface area contributed by atoms with Crippen molar-refractivity contribution in [3.8, 4) is 0 Å². The zero-order valence-corrected chi connectivity index (χ0v) is 15.3. The van der Waals surface area contributed by atoms with Crippen molar-refractivity contribution in [2.75, 3.05) is 0 Å². The van der Waals surface area contributed by atoms with Gasteiger partial charge in [-0.05, 0) is 29.8 Å². The van der Waals surface area contributed by atoms with Gasteiger partial charge in [0.1, 0.15) is 0 Å². The van der Waals surface area contributed by atoms with Gasteiger partial charge in [0.2, 0.25) is 0 Å². The molecule has 5 nitrogen and oxygen atoms in total. The zero-order valence-electron chi connectivity index (χ0n) is 13.8. The molecule has 0 saturated carbocycles. The molecule has 0 aliphatic rings. The van der Waals surface area contributed by atoms with Gasteiger partial charge in [-0.3, -0.25) is 14.9 Å². The second-order valence-corrected chi connectivity index (χ2v) is 6.54. The highest BCUT2D eigenvalue weighted by Gasteiger charge is 2.15. The van der Waals surface area contributed by atoms with Crippen LogP contribution in [0, 0.1) is 0 Å². The summed E-state index contributed by atoms with van der Waals surface area (Å²) in [6.07, 6.45) is 0.0634. The topological polar surface area (TPSA) is 72.9 Å². The third-order valence-corrected chi connectivity index (χ3v) is 4.51. The molecule has 3 aromatic rings. The third kappa shape index (κ3) is 4.27. The lowest BCUT2D eigenvalue weighted by molar-refractivity contribution is -0.116. The predicted octanol–water partition coefficient (Wildman–Crippen LogP) is 4.33. The monoisotopic (exact) mass is 410 g/mol. The van der Waals surface area contributed by atoms with E-state index in [0.29, 0.717) is 26.6 Å². The van der Waals surface area contributed by atoms with E-state index in [-0.39, 0.29) is 12.1 Å². The number of benzene rings is 2. The van der Waals surface area contributed by atoms with Crippen molar-refractivity contribution in [3.05, 3.63) is 69.3 Å². The smallest absolute Gasteiger partial charge is 0.263 e. The SMILES string of the molecule is NNC(=O)/C=C/c1nn(Cc2ccc(Cl)cc2Cl)c2cc(C(F)F)ccc12. The van der Waals surface area contributed by atoms with E-state index >= 15 is 0 Å². The Morgan fingerprint density at radius 1 is 1.26 bits per heavy atom. The van der Waals surface area contributed by atoms with Crippen LogP contribution >= 0.6 is 23.2 Å². The van der Waals surface area contributed by atoms with E-state index in [2.05, 4.69) is 5.10 Å². The van der Waals surface area contributed by atoms with Crippen molar-refractivity contribution >= 4 is 46.1 Å². The summed E-state index contributed by atoms with van der Waals surface area (Å²) in [5.41, 5.74) is 3.51. The van der Waals surface area contributed by atoms with Crippen LogP contribution < -0.4 is 11.3 Å². The molecule has 27 heavy (non-hydrogen) atoms. The molecule has 0 bridgehead atoms. The first-order valence-corrected chi connectivity index (χ1v) is 8.56. The average molecular weight is 411 g/mol. The minimum absolute atomic E-state index is 0.124. The van der Waals surface area contributed by atoms with Gasteiger partial charge in [0.15, 0.2) is 0 Å². The second kappa shape index (κ2) is 8.04. The van der Waals surface area contributed by atoms with Crippen molar-refractivity contribution in [1.29, 1.82) is 0 Å². The molecule has 140 valence electrons. The number of nitrogens with zero attached hydrogens (tertiary/aromatic N) is 2. The molecule has 1 aromatic heterocycles. The highest BCUT2D eigenvalue weighted by Crippen LogP contribution is 2.28. The summed E-state index contributed by atoms with van der Waals surface area (Å²) >= 11 is 12.1. The Bertz CT molecular complexity index is 1030. The largest absolute Gasteiger partial charge is 0.291 e. The number of hydrogen-bond donors (Lipinski definition) is 2. The Hall–Kier alpha value is -2.48. The van der Waals surface area contributed by atoms with Gasteiger partial charge in [0.25, 0.3) is 12.3 Å². The summed E-state index contributed by atoms with van der Waals surface area (Å²) in [7, 11) is 0. The normalized spacial score (nSPS) is 11.6. The molecule has 0 aliphatic heterocycles. The van der Waals surface area contributed by atoms with Gasteiger partial charge in [-0.25, -0.2) is 14.6 Å². The Morgan fingerprint density at radius 3 is 2.70 bits per heavy atom. The van der Waals surface area contributed by atoms with E-state index in [0.717, 1.165) is 5.56 Å². The van der Waals surface area contributed by atoms with E-state index in [1.54, 1.807) is 28.9 Å². The summed E-state index contributed by atoms with van der Waals surface area (Å²) in [4.78, 5) is 11.4. The van der Waals surface area contributed by atoms with Crippen molar-refractivity contribution in [3.63, 3.8) is 0 Å². The number of carbonyl (C=O) groups excluding carboxylic acids is 1. The number of carbonyl (C=O) groups is 1. The summed E-state index contributed by atoms with van der Waals surface area (Å²) in [5.74, 6) is 4.54. The Labute approximate surface area is 163 Å². The number of hydrogen-bond acceptors (Lipinski definition) is 3. The van der Waals surface area contributed by atoms with Crippen molar-refractivity contribution in [2.45, 2.75) is 13.0 Å². The van der Waals surface area contributed by atoms with Crippen molar-refractivity contribution in [2.24, 2.45) is 5.84 Å². The first-order valence-electron chi connectivity index (χ1n) is 7.80. The summed E-state index contributed by atoms with van der Waals surface area (Å²) in [6, 6.07) is 9.27. The van der Waals surface area contributed by atoms with Crippen molar-refractivity contribution in [1.82, 2.24) is 15.2 Å². The van der Waals surface area contributed by atoms with Gasteiger partial charge in [-0.15, -0.1) is 0 Å². The molecule has 0 radical (unpaired) electrons. The molecule has 0 saturated heterocycles. The first-order chi connectivity index (χ1) is 12.9. The third-order valence-electron chi connectivity index (χ3n) is 3.93. The lowest BCUT2D eigenvalue weighted by atomic mass is 10.1. The predicted molar refractivity (Wildman–Crippen MR) is 102 cm³/mol. The molecule has 0 aliphatic carbocycles. The zero-order chi connectivity index (χ0) is 19.6. The fourth-order valence-electron chi connectivity index (χ4n) is 2.61. The minimum atomic E-state index is -2.61. The fourth-order valence-corrected chi connectivity index (χ4v) is 3.08. The molecule has 0 unspecified atom stereocenters. The molecule has 2 aromatic carbocycles. The van der Waals surface area contributed by atoms with E-state index < -0.39 is 12.3 Å². The molecule has 0 atom stereocenters. The van der Waals surface area contributed by atoms with Crippen LogP contribution in [-0.4, -0.2) is 15.7 Å². The molecular weight excluding hydrogens is 397 g/mol. The maximum atomic E-state index is 13.1. The standard InChI is InChI=1S/C18H14Cl2F2N4O/c19-12-3-1-11(14(20)8-12)9-26-16-7-10(18(21)22)2-4-13(16)15(25-26)5-6-17(27)24-23/h1-8,18H,9,23H2,(H,24,27)/b6-5+. The Morgan fingerprint density at radius 2 is 2.04 bits per heavy atom. The number of aromatic nitrogens is 2. The van der Waals surface area contributed by atoms with Gasteiger partial charge in [-0.1, -0.05) is 41.4 Å². The van der Waals surface area contributed by atoms with E-state index in [4.69, 9.17) is 29.0 Å². The van der Waals surface area contributed by atoms with Crippen LogP contribution in [0.25, 0.3) is 17.0 Å². The number of nitrogens with one attached hydrogen (secondary N) is 1. The van der Waals surface area contributed by atoms with Crippen LogP contribution in [0.3, 0.4) is 0 Å². The van der Waals surface area contributed by atoms with Crippen LogP contribution in [0.5, 0.6) is 0 Å². The lowest BCUT2D eigenvalue weighted by Gasteiger charge is -2.07. The van der Waals surface area contributed by atoms with E-state index in [9.17, 15) is 13.6 Å². The van der Waals surface area contributed by atoms with Crippen LogP contribution in [-0.2, 0) is 11.3 Å². The number of amides is 1. The van der Waals surface area contributed by atoms with Gasteiger partial charge >= 0.3 is 0 Å². The van der Waals surface area contributed by atoms with E-state index in [1.807, 2.05) is 5.43 Å². The molecule has 1 amide bonds. The van der Waals surface area contributed by atoms with Gasteiger partial charge in [0.05, 0.1) is 17.8 Å². The maximum absolute atomic E-state index is 13.1. The molecular formula is C18H14Cl2F2N4O. The first kappa shape index (κ1) is 19.3. The molecule has 0 fully saturated rings. The van der Waals surface area contributed by atoms with Gasteiger partial charge in [0, 0.05) is 27.1 Å². The molecule has 3 N–H and O–H groups in total. The summed E-state index contributed by atoms with van der Waals surface area (Å²) < 4.78 is 27.8. The minimum Gasteiger partial charge on any atom is -0.291 e. The average Bonchev–Trinajstić information content (AvgIpc) is 2.99. The number of halogens is 4. The maximum Gasteiger partial charge on any atom is 0.263 e. The molecule has 0 spiro atoms. The van der Waals surface area contributed by atoms with Crippen molar-refractivity contribution < 1.29 is 13.6 Å². The number of alkyl halides is 2. The number of nitrogens with two attached hydrogens (primary N) is 1. The van der Waals surface area contributed by atoms with Gasteiger partial charge < -0.3 is 0 Å². The van der Waals surface area contributed by atoms with Gasteiger partial charge in [-0.2, -0.15) is 5.10 Å². The fraction of sp³-hybridized carbons (Fsp3) is 0.111. The molecule has 9 heteroatoms. The van der Waals surface area contributed by atoms with Crippen LogP contribution in [0.4, 0.5) is 8.78 Å². The van der Waals surface area contributed by atoms with Crippen LogP contribution in [0.2, 0.25) is 10.0 Å². The number of rotatable bonds is 5. The Balaban J connectivity index is 2.10. The van der Waals surface area contributed by atoms with Crippen LogP contribution in [0.15, 0.2) is 42.5 Å².